The van der Waals surface area contributed by atoms with Gasteiger partial charge in [-0.3, -0.25) is 4.90 Å². The first-order valence-corrected chi connectivity index (χ1v) is 8.80. The minimum absolute atomic E-state index is 0.606. The van der Waals surface area contributed by atoms with E-state index in [9.17, 15) is 0 Å². The predicted octanol–water partition coefficient (Wildman–Crippen LogP) is 3.12. The molecule has 0 spiro atoms. The van der Waals surface area contributed by atoms with E-state index in [1.54, 1.807) is 11.3 Å². The molecule has 1 heterocycles. The van der Waals surface area contributed by atoms with Crippen molar-refractivity contribution in [1.29, 1.82) is 0 Å². The molecular weight excluding hydrogens is 268 g/mol. The highest BCUT2D eigenvalue weighted by atomic mass is 32.1. The molecule has 0 aromatic carbocycles. The molecule has 1 atom stereocenters. The molecular formula is C16H28N2OS. The van der Waals surface area contributed by atoms with E-state index in [1.165, 1.54) is 18.4 Å². The number of nitrogens with zero attached hydrogens (tertiary/aromatic N) is 1. The van der Waals surface area contributed by atoms with Gasteiger partial charge in [0.05, 0.1) is 0 Å². The van der Waals surface area contributed by atoms with E-state index in [0.717, 1.165) is 45.3 Å². The number of rotatable bonds is 11. The Labute approximate surface area is 127 Å². The third kappa shape index (κ3) is 5.52. The second-order valence-electron chi connectivity index (χ2n) is 5.64. The highest BCUT2D eigenvalue weighted by molar-refractivity contribution is 7.07. The summed E-state index contributed by atoms with van der Waals surface area (Å²) in [5.74, 6) is 0. The zero-order valence-corrected chi connectivity index (χ0v) is 13.6. The molecule has 1 aliphatic carbocycles. The van der Waals surface area contributed by atoms with E-state index in [4.69, 9.17) is 4.74 Å². The van der Waals surface area contributed by atoms with Crippen LogP contribution in [0.5, 0.6) is 0 Å². The molecule has 2 rings (SSSR count). The molecule has 4 heteroatoms. The molecule has 0 bridgehead atoms. The van der Waals surface area contributed by atoms with Crippen LogP contribution in [0.15, 0.2) is 16.8 Å². The fourth-order valence-electron chi connectivity index (χ4n) is 2.52. The number of ether oxygens (including phenoxy) is 1. The van der Waals surface area contributed by atoms with Crippen molar-refractivity contribution in [2.75, 3.05) is 26.3 Å². The van der Waals surface area contributed by atoms with E-state index in [2.05, 4.69) is 34.0 Å². The summed E-state index contributed by atoms with van der Waals surface area (Å²) in [6.07, 6.45) is 3.85. The number of thiophene rings is 1. The number of nitrogens with one attached hydrogen (secondary N) is 1. The van der Waals surface area contributed by atoms with Gasteiger partial charge in [-0.05, 0) is 62.0 Å². The molecule has 0 aliphatic heterocycles. The summed E-state index contributed by atoms with van der Waals surface area (Å²) in [6, 6.07) is 3.67. The minimum Gasteiger partial charge on any atom is -0.382 e. The first-order valence-electron chi connectivity index (χ1n) is 7.86. The van der Waals surface area contributed by atoms with Gasteiger partial charge in [-0.25, -0.2) is 0 Å². The predicted molar refractivity (Wildman–Crippen MR) is 86.3 cm³/mol. The number of hydrogen-bond acceptors (Lipinski definition) is 4. The van der Waals surface area contributed by atoms with Crippen LogP contribution in [0.25, 0.3) is 0 Å². The quantitative estimate of drug-likeness (QED) is 0.635. The Morgan fingerprint density at radius 2 is 2.35 bits per heavy atom. The Kier molecular flexibility index (Phi) is 7.00. The van der Waals surface area contributed by atoms with Gasteiger partial charge in [-0.2, -0.15) is 11.3 Å². The molecule has 20 heavy (non-hydrogen) atoms. The Hall–Kier alpha value is -0.420. The highest BCUT2D eigenvalue weighted by Crippen LogP contribution is 2.30. The third-order valence-corrected chi connectivity index (χ3v) is 4.55. The van der Waals surface area contributed by atoms with E-state index in [1.807, 2.05) is 6.92 Å². The molecule has 0 radical (unpaired) electrons. The maximum Gasteiger partial charge on any atom is 0.0477 e. The van der Waals surface area contributed by atoms with Crippen molar-refractivity contribution in [1.82, 2.24) is 10.2 Å². The SMILES string of the molecule is CCOCCCNCC(C)N(Cc1ccsc1)C1CC1. The van der Waals surface area contributed by atoms with Crippen molar-refractivity contribution >= 4 is 11.3 Å². The van der Waals surface area contributed by atoms with Crippen LogP contribution in [0.3, 0.4) is 0 Å². The fourth-order valence-corrected chi connectivity index (χ4v) is 3.18. The topological polar surface area (TPSA) is 24.5 Å². The van der Waals surface area contributed by atoms with Crippen LogP contribution in [0.1, 0.15) is 38.7 Å². The molecule has 0 amide bonds. The molecule has 1 aliphatic rings. The first-order chi connectivity index (χ1) is 9.81. The number of hydrogen-bond donors (Lipinski definition) is 1. The Morgan fingerprint density at radius 1 is 1.50 bits per heavy atom. The van der Waals surface area contributed by atoms with Gasteiger partial charge in [-0.1, -0.05) is 0 Å². The largest absolute Gasteiger partial charge is 0.382 e. The van der Waals surface area contributed by atoms with Gasteiger partial charge >= 0.3 is 0 Å². The van der Waals surface area contributed by atoms with Gasteiger partial charge in [0.2, 0.25) is 0 Å². The fraction of sp³-hybridized carbons (Fsp3) is 0.750. The van der Waals surface area contributed by atoms with Crippen LogP contribution >= 0.6 is 11.3 Å². The molecule has 1 fully saturated rings. The van der Waals surface area contributed by atoms with E-state index in [-0.39, 0.29) is 0 Å². The minimum atomic E-state index is 0.606. The highest BCUT2D eigenvalue weighted by Gasteiger charge is 2.31. The van der Waals surface area contributed by atoms with Crippen LogP contribution in [-0.4, -0.2) is 43.3 Å². The lowest BCUT2D eigenvalue weighted by atomic mass is 10.2. The van der Waals surface area contributed by atoms with Gasteiger partial charge in [0.1, 0.15) is 0 Å². The molecule has 1 saturated carbocycles. The van der Waals surface area contributed by atoms with Crippen molar-refractivity contribution in [2.45, 2.75) is 51.7 Å². The summed E-state index contributed by atoms with van der Waals surface area (Å²) in [5.41, 5.74) is 1.46. The van der Waals surface area contributed by atoms with E-state index >= 15 is 0 Å². The Morgan fingerprint density at radius 3 is 3.00 bits per heavy atom. The normalized spacial score (nSPS) is 16.8. The molecule has 0 saturated heterocycles. The molecule has 1 aromatic heterocycles. The second kappa shape index (κ2) is 8.78. The van der Waals surface area contributed by atoms with Gasteiger partial charge in [0.15, 0.2) is 0 Å². The summed E-state index contributed by atoms with van der Waals surface area (Å²) in [5, 5.41) is 8.02. The van der Waals surface area contributed by atoms with Gasteiger partial charge in [0, 0.05) is 38.4 Å². The second-order valence-corrected chi connectivity index (χ2v) is 6.42. The summed E-state index contributed by atoms with van der Waals surface area (Å²) >= 11 is 1.80. The maximum atomic E-state index is 5.36. The molecule has 1 N–H and O–H groups in total. The zero-order chi connectivity index (χ0) is 14.2. The summed E-state index contributed by atoms with van der Waals surface area (Å²) < 4.78 is 5.36. The van der Waals surface area contributed by atoms with Crippen molar-refractivity contribution in [2.24, 2.45) is 0 Å². The van der Waals surface area contributed by atoms with E-state index in [0.29, 0.717) is 6.04 Å². The first kappa shape index (κ1) is 16.0. The van der Waals surface area contributed by atoms with E-state index < -0.39 is 0 Å². The van der Waals surface area contributed by atoms with Crippen LogP contribution in [0.2, 0.25) is 0 Å². The van der Waals surface area contributed by atoms with Crippen LogP contribution in [-0.2, 0) is 11.3 Å². The lowest BCUT2D eigenvalue weighted by Gasteiger charge is -2.29. The summed E-state index contributed by atoms with van der Waals surface area (Å²) in [6.45, 7) is 9.34. The third-order valence-electron chi connectivity index (χ3n) is 3.81. The monoisotopic (exact) mass is 296 g/mol. The van der Waals surface area contributed by atoms with Crippen molar-refractivity contribution in [3.63, 3.8) is 0 Å². The van der Waals surface area contributed by atoms with Gasteiger partial charge in [0.25, 0.3) is 0 Å². The van der Waals surface area contributed by atoms with Gasteiger partial charge < -0.3 is 10.1 Å². The van der Waals surface area contributed by atoms with Gasteiger partial charge in [-0.15, -0.1) is 0 Å². The molecule has 1 unspecified atom stereocenters. The Balaban J connectivity index is 1.66. The lowest BCUT2D eigenvalue weighted by Crippen LogP contribution is -2.41. The molecule has 3 nitrogen and oxygen atoms in total. The Bertz CT molecular complexity index is 351. The summed E-state index contributed by atoms with van der Waals surface area (Å²) in [4.78, 5) is 2.66. The lowest BCUT2D eigenvalue weighted by molar-refractivity contribution is 0.142. The molecule has 1 aromatic rings. The average molecular weight is 296 g/mol. The molecule has 114 valence electrons. The van der Waals surface area contributed by atoms with Crippen LogP contribution in [0.4, 0.5) is 0 Å². The standard InChI is InChI=1S/C16H28N2OS/c1-3-19-9-4-8-17-11-14(2)18(16-5-6-16)12-15-7-10-20-13-15/h7,10,13-14,16-17H,3-6,8-9,11-12H2,1-2H3. The van der Waals surface area contributed by atoms with Crippen LogP contribution in [0, 0.1) is 0 Å². The van der Waals surface area contributed by atoms with Crippen molar-refractivity contribution in [3.8, 4) is 0 Å². The maximum absolute atomic E-state index is 5.36. The van der Waals surface area contributed by atoms with Crippen molar-refractivity contribution < 1.29 is 4.74 Å². The smallest absolute Gasteiger partial charge is 0.0477 e. The average Bonchev–Trinajstić information content (AvgIpc) is 3.16. The summed E-state index contributed by atoms with van der Waals surface area (Å²) in [7, 11) is 0. The van der Waals surface area contributed by atoms with Crippen LogP contribution < -0.4 is 5.32 Å². The van der Waals surface area contributed by atoms with Crippen molar-refractivity contribution in [3.05, 3.63) is 22.4 Å². The zero-order valence-electron chi connectivity index (χ0n) is 12.8.